The highest BCUT2D eigenvalue weighted by Crippen LogP contribution is 2.31. The number of nitrogens with zero attached hydrogens (tertiary/aromatic N) is 2. The average molecular weight is 563 g/mol. The number of halogens is 3. The number of carbonyl (C=O) groups is 2. The van der Waals surface area contributed by atoms with Crippen LogP contribution in [0.1, 0.15) is 12.0 Å². The van der Waals surface area contributed by atoms with Crippen LogP contribution >= 0.6 is 46.6 Å². The topological polar surface area (TPSA) is 71.0 Å². The van der Waals surface area contributed by atoms with Gasteiger partial charge in [0, 0.05) is 33.7 Å². The van der Waals surface area contributed by atoms with Gasteiger partial charge in [0.2, 0.25) is 11.8 Å². The monoisotopic (exact) mass is 561 g/mol. The molecule has 1 heterocycles. The molecule has 1 fully saturated rings. The van der Waals surface area contributed by atoms with Crippen molar-refractivity contribution >= 4 is 74.9 Å². The third-order valence-electron chi connectivity index (χ3n) is 5.38. The molecule has 0 saturated carbocycles. The molecule has 6 nitrogen and oxygen atoms in total. The van der Waals surface area contributed by atoms with Gasteiger partial charge in [-0.1, -0.05) is 64.8 Å². The highest BCUT2D eigenvalue weighted by molar-refractivity contribution is 8.15. The largest absolute Gasteiger partial charge is 0.497 e. The van der Waals surface area contributed by atoms with E-state index in [4.69, 9.17) is 39.5 Å². The van der Waals surface area contributed by atoms with Crippen molar-refractivity contribution in [1.29, 1.82) is 0 Å². The minimum Gasteiger partial charge on any atom is -0.497 e. The molecular weight excluding hydrogens is 541 g/mol. The van der Waals surface area contributed by atoms with Crippen LogP contribution in [0.15, 0.2) is 71.7 Å². The first kappa shape index (κ1) is 26.4. The second kappa shape index (κ2) is 12.0. The van der Waals surface area contributed by atoms with Crippen molar-refractivity contribution in [1.82, 2.24) is 4.90 Å². The predicted octanol–water partition coefficient (Wildman–Crippen LogP) is 6.86. The summed E-state index contributed by atoms with van der Waals surface area (Å²) in [7, 11) is 1.62. The van der Waals surface area contributed by atoms with Crippen LogP contribution in [-0.2, 0) is 16.0 Å². The Balaban J connectivity index is 1.55. The molecule has 0 aromatic heterocycles. The first-order valence-corrected chi connectivity index (χ1v) is 13.0. The number of methoxy groups -OCH3 is 1. The van der Waals surface area contributed by atoms with E-state index in [1.807, 2.05) is 24.3 Å². The summed E-state index contributed by atoms with van der Waals surface area (Å²) < 4.78 is 5.21. The predicted molar refractivity (Wildman–Crippen MR) is 148 cm³/mol. The first-order chi connectivity index (χ1) is 17.3. The van der Waals surface area contributed by atoms with Gasteiger partial charge in [-0.05, 0) is 60.5 Å². The summed E-state index contributed by atoms with van der Waals surface area (Å²) in [5, 5.41) is 3.89. The number of anilines is 1. The summed E-state index contributed by atoms with van der Waals surface area (Å²) in [4.78, 5) is 32.6. The van der Waals surface area contributed by atoms with Crippen molar-refractivity contribution in [3.8, 4) is 5.75 Å². The molecule has 1 atom stereocenters. The summed E-state index contributed by atoms with van der Waals surface area (Å²) in [5.74, 6) is 0.244. The molecular formula is C26H22Cl3N3O3S. The smallest absolute Gasteiger partial charge is 0.238 e. The van der Waals surface area contributed by atoms with Crippen molar-refractivity contribution in [3.63, 3.8) is 0 Å². The maximum absolute atomic E-state index is 13.2. The van der Waals surface area contributed by atoms with Gasteiger partial charge in [0.1, 0.15) is 11.0 Å². The maximum Gasteiger partial charge on any atom is 0.238 e. The van der Waals surface area contributed by atoms with Gasteiger partial charge in [-0.25, -0.2) is 4.99 Å². The maximum atomic E-state index is 13.2. The molecule has 1 aliphatic heterocycles. The van der Waals surface area contributed by atoms with Crippen LogP contribution in [-0.4, -0.2) is 40.8 Å². The molecule has 36 heavy (non-hydrogen) atoms. The van der Waals surface area contributed by atoms with E-state index in [0.29, 0.717) is 44.6 Å². The number of amidine groups is 1. The lowest BCUT2D eigenvalue weighted by Gasteiger charge is -2.32. The van der Waals surface area contributed by atoms with Crippen LogP contribution in [0.3, 0.4) is 0 Å². The molecule has 0 aliphatic carbocycles. The standard InChI is InChI=1S/C26H22Cl3N3O3S/c1-35-22-7-5-16(6-8-22)9-10-32-24(33)15-23(25(34)30-21-13-18(28)11-19(29)14-21)36-26(32)31-20-4-2-3-17(27)12-20/h2-8,11-14,23H,9-10,15H2,1H3,(H,30,34). The number of aliphatic imine (C=N–C) groups is 1. The highest BCUT2D eigenvalue weighted by Gasteiger charge is 2.36. The number of amides is 2. The van der Waals surface area contributed by atoms with E-state index in [-0.39, 0.29) is 18.2 Å². The average Bonchev–Trinajstić information content (AvgIpc) is 2.83. The Morgan fingerprint density at radius 2 is 1.78 bits per heavy atom. The highest BCUT2D eigenvalue weighted by atomic mass is 35.5. The zero-order chi connectivity index (χ0) is 25.7. The SMILES string of the molecule is COc1ccc(CCN2C(=O)CC(C(=O)Nc3cc(Cl)cc(Cl)c3)SC2=Nc2cccc(Cl)c2)cc1. The van der Waals surface area contributed by atoms with Crippen LogP contribution in [0, 0.1) is 0 Å². The minimum atomic E-state index is -0.676. The van der Waals surface area contributed by atoms with Crippen molar-refractivity contribution < 1.29 is 14.3 Å². The van der Waals surface area contributed by atoms with Gasteiger partial charge >= 0.3 is 0 Å². The Labute approximate surface area is 228 Å². The van der Waals surface area contributed by atoms with Gasteiger partial charge in [-0.15, -0.1) is 0 Å². The van der Waals surface area contributed by atoms with Crippen molar-refractivity contribution in [3.05, 3.63) is 87.4 Å². The van der Waals surface area contributed by atoms with Crippen LogP contribution in [0.5, 0.6) is 5.75 Å². The van der Waals surface area contributed by atoms with Crippen LogP contribution < -0.4 is 10.1 Å². The Bertz CT molecular complexity index is 1280. The number of hydrogen-bond acceptors (Lipinski definition) is 5. The fourth-order valence-electron chi connectivity index (χ4n) is 3.60. The van der Waals surface area contributed by atoms with Crippen molar-refractivity contribution in [2.75, 3.05) is 19.0 Å². The number of ether oxygens (including phenoxy) is 1. The second-order valence-electron chi connectivity index (χ2n) is 7.98. The third-order valence-corrected chi connectivity index (χ3v) is 7.24. The van der Waals surface area contributed by atoms with Crippen LogP contribution in [0.25, 0.3) is 0 Å². The lowest BCUT2D eigenvalue weighted by atomic mass is 10.1. The molecule has 1 unspecified atom stereocenters. The number of carbonyl (C=O) groups excluding carboxylic acids is 2. The van der Waals surface area contributed by atoms with Gasteiger partial charge in [0.15, 0.2) is 5.17 Å². The Morgan fingerprint density at radius 1 is 1.06 bits per heavy atom. The van der Waals surface area contributed by atoms with Crippen LogP contribution in [0.4, 0.5) is 11.4 Å². The van der Waals surface area contributed by atoms with E-state index in [1.165, 1.54) is 11.8 Å². The van der Waals surface area contributed by atoms with Gasteiger partial charge in [0.25, 0.3) is 0 Å². The van der Waals surface area contributed by atoms with Gasteiger partial charge in [-0.2, -0.15) is 0 Å². The summed E-state index contributed by atoms with van der Waals surface area (Å²) in [6.45, 7) is 0.413. The molecule has 1 N–H and O–H groups in total. The zero-order valence-corrected chi connectivity index (χ0v) is 22.3. The van der Waals surface area contributed by atoms with Crippen LogP contribution in [0.2, 0.25) is 15.1 Å². The zero-order valence-electron chi connectivity index (χ0n) is 19.2. The summed E-state index contributed by atoms with van der Waals surface area (Å²) >= 11 is 19.5. The van der Waals surface area contributed by atoms with E-state index in [2.05, 4.69) is 10.3 Å². The van der Waals surface area contributed by atoms with E-state index >= 15 is 0 Å². The molecule has 1 aliphatic rings. The second-order valence-corrected chi connectivity index (χ2v) is 10.5. The molecule has 0 spiro atoms. The molecule has 186 valence electrons. The van der Waals surface area contributed by atoms with E-state index in [0.717, 1.165) is 11.3 Å². The van der Waals surface area contributed by atoms with Gasteiger partial charge in [-0.3, -0.25) is 14.5 Å². The molecule has 0 radical (unpaired) electrons. The van der Waals surface area contributed by atoms with Gasteiger partial charge in [0.05, 0.1) is 12.8 Å². The number of hydrogen-bond donors (Lipinski definition) is 1. The molecule has 10 heteroatoms. The molecule has 1 saturated heterocycles. The summed E-state index contributed by atoms with van der Waals surface area (Å²) in [5.41, 5.74) is 2.10. The molecule has 3 aromatic carbocycles. The van der Waals surface area contributed by atoms with E-state index in [1.54, 1.807) is 54.5 Å². The van der Waals surface area contributed by atoms with Crippen molar-refractivity contribution in [2.45, 2.75) is 18.1 Å². The quantitative estimate of drug-likeness (QED) is 0.342. The van der Waals surface area contributed by atoms with E-state index in [9.17, 15) is 9.59 Å². The van der Waals surface area contributed by atoms with E-state index < -0.39 is 5.25 Å². The molecule has 3 aromatic rings. The third kappa shape index (κ3) is 6.95. The fraction of sp³-hybridized carbons (Fsp3) is 0.192. The number of rotatable bonds is 7. The van der Waals surface area contributed by atoms with Crippen molar-refractivity contribution in [2.24, 2.45) is 4.99 Å². The fourth-order valence-corrected chi connectivity index (χ4v) is 5.43. The Kier molecular flexibility index (Phi) is 8.80. The molecule has 4 rings (SSSR count). The Hall–Kier alpha value is -2.71. The molecule has 2 amide bonds. The Morgan fingerprint density at radius 3 is 2.44 bits per heavy atom. The number of nitrogens with one attached hydrogen (secondary N) is 1. The van der Waals surface area contributed by atoms with Gasteiger partial charge < -0.3 is 10.1 Å². The number of benzene rings is 3. The first-order valence-electron chi connectivity index (χ1n) is 11.0. The summed E-state index contributed by atoms with van der Waals surface area (Å²) in [6.07, 6.45) is 0.644. The lowest BCUT2D eigenvalue weighted by Crippen LogP contribution is -2.46. The normalized spacial score (nSPS) is 16.8. The minimum absolute atomic E-state index is 0.0297. The summed E-state index contributed by atoms with van der Waals surface area (Å²) in [6, 6.07) is 19.5. The lowest BCUT2D eigenvalue weighted by molar-refractivity contribution is -0.129. The molecule has 0 bridgehead atoms. The number of thioether (sulfide) groups is 1.